The van der Waals surface area contributed by atoms with Gasteiger partial charge in [0.2, 0.25) is 18.3 Å². The molecule has 0 unspecified atom stereocenters. The average molecular weight is 468 g/mol. The summed E-state index contributed by atoms with van der Waals surface area (Å²) in [6.45, 7) is 0. The molecule has 0 saturated carbocycles. The highest BCUT2D eigenvalue weighted by atomic mass is 35.5. The smallest absolute Gasteiger partial charge is 0.326 e. The summed E-state index contributed by atoms with van der Waals surface area (Å²) in [6.07, 6.45) is -0.0673. The molecule has 2 aromatic rings. The summed E-state index contributed by atoms with van der Waals surface area (Å²) in [5.74, 6) is -4.03. The molecule has 0 fully saturated rings. The van der Waals surface area contributed by atoms with Gasteiger partial charge in [-0.3, -0.25) is 29.1 Å². The zero-order chi connectivity index (χ0) is 24.0. The van der Waals surface area contributed by atoms with Crippen molar-refractivity contribution in [3.05, 3.63) is 33.2 Å². The van der Waals surface area contributed by atoms with Crippen LogP contribution in [-0.4, -0.2) is 55.5 Å². The van der Waals surface area contributed by atoms with Crippen LogP contribution >= 0.6 is 11.6 Å². The summed E-state index contributed by atoms with van der Waals surface area (Å²) in [5, 5.41) is 20.4. The maximum atomic E-state index is 12.3. The number of rotatable bonds is 10. The standard InChI is InChI=1S/C17H18ClN7O7/c18-9-3-7(22-11(27)4-8-13(19)23-17(20)24-15(8)30)5-21-14(9)25(6-26)10(16(31)32)1-2-12(28)29/h3,5-6,10H,1-2,4H2,(H,22,27)(H,28,29)(H,31,32)(H5,19,20,23,24,30)/t10-/m0/s1. The first-order valence-electron chi connectivity index (χ1n) is 8.81. The number of pyridine rings is 1. The molecular weight excluding hydrogens is 450 g/mol. The van der Waals surface area contributed by atoms with Crippen molar-refractivity contribution < 1.29 is 29.4 Å². The summed E-state index contributed by atoms with van der Waals surface area (Å²) in [4.78, 5) is 68.3. The van der Waals surface area contributed by atoms with E-state index in [2.05, 4.69) is 20.3 Å². The predicted octanol–water partition coefficient (Wildman–Crippen LogP) is -0.555. The first-order chi connectivity index (χ1) is 15.0. The Bertz CT molecular complexity index is 1120. The number of carboxylic acids is 2. The molecule has 2 aromatic heterocycles. The van der Waals surface area contributed by atoms with Gasteiger partial charge >= 0.3 is 11.9 Å². The van der Waals surface area contributed by atoms with E-state index in [1.807, 2.05) is 0 Å². The third kappa shape index (κ3) is 5.91. The molecule has 0 aliphatic rings. The van der Waals surface area contributed by atoms with Crippen LogP contribution in [0.4, 0.5) is 23.3 Å². The van der Waals surface area contributed by atoms with Crippen LogP contribution < -0.4 is 27.2 Å². The Morgan fingerprint density at radius 1 is 1.31 bits per heavy atom. The molecule has 0 aliphatic heterocycles. The quantitative estimate of drug-likeness (QED) is 0.242. The van der Waals surface area contributed by atoms with Gasteiger partial charge in [-0.25, -0.2) is 9.78 Å². The zero-order valence-electron chi connectivity index (χ0n) is 16.2. The van der Waals surface area contributed by atoms with Gasteiger partial charge in [-0.15, -0.1) is 0 Å². The van der Waals surface area contributed by atoms with E-state index >= 15 is 0 Å². The monoisotopic (exact) mass is 467 g/mol. The summed E-state index contributed by atoms with van der Waals surface area (Å²) in [5.41, 5.74) is 10.2. The number of nitrogen functional groups attached to an aromatic ring is 2. The van der Waals surface area contributed by atoms with Gasteiger partial charge in [0.25, 0.3) is 5.56 Å². The minimum absolute atomic E-state index is 0.0745. The van der Waals surface area contributed by atoms with Crippen LogP contribution in [0.25, 0.3) is 0 Å². The van der Waals surface area contributed by atoms with Crippen molar-refractivity contribution in [2.24, 2.45) is 0 Å². The molecule has 0 aromatic carbocycles. The van der Waals surface area contributed by atoms with Gasteiger partial charge in [0, 0.05) is 6.42 Å². The molecule has 2 heterocycles. The molecule has 15 heteroatoms. The van der Waals surface area contributed by atoms with E-state index < -0.39 is 42.3 Å². The fourth-order valence-corrected chi connectivity index (χ4v) is 2.94. The number of anilines is 4. The Labute approximate surface area is 184 Å². The summed E-state index contributed by atoms with van der Waals surface area (Å²) < 4.78 is 0. The van der Waals surface area contributed by atoms with Crippen molar-refractivity contribution in [2.75, 3.05) is 21.7 Å². The SMILES string of the molecule is Nc1nc(N)c(CC(=O)Nc2cnc(N(C=O)[C@@H](CCC(=O)O)C(=O)O)c(Cl)c2)c(=O)[nH]1. The number of carboxylic acid groups (broad SMARTS) is 2. The molecule has 0 radical (unpaired) electrons. The number of nitrogens with one attached hydrogen (secondary N) is 2. The second kappa shape index (κ2) is 10.2. The minimum Gasteiger partial charge on any atom is -0.481 e. The number of aliphatic carboxylic acids is 2. The second-order valence-corrected chi connectivity index (χ2v) is 6.78. The van der Waals surface area contributed by atoms with Crippen LogP contribution in [0.15, 0.2) is 17.1 Å². The molecule has 2 rings (SSSR count). The predicted molar refractivity (Wildman–Crippen MR) is 112 cm³/mol. The Morgan fingerprint density at radius 2 is 2.00 bits per heavy atom. The molecule has 0 bridgehead atoms. The average Bonchev–Trinajstić information content (AvgIpc) is 2.68. The van der Waals surface area contributed by atoms with Gasteiger partial charge in [-0.05, 0) is 12.5 Å². The van der Waals surface area contributed by atoms with E-state index in [1.165, 1.54) is 6.07 Å². The molecule has 170 valence electrons. The van der Waals surface area contributed by atoms with Crippen molar-refractivity contribution >= 4 is 59.1 Å². The largest absolute Gasteiger partial charge is 0.481 e. The lowest BCUT2D eigenvalue weighted by atomic mass is 10.1. The molecule has 1 atom stereocenters. The highest BCUT2D eigenvalue weighted by molar-refractivity contribution is 6.33. The molecule has 2 amide bonds. The second-order valence-electron chi connectivity index (χ2n) is 6.37. The van der Waals surface area contributed by atoms with Crippen molar-refractivity contribution in [1.82, 2.24) is 15.0 Å². The lowest BCUT2D eigenvalue weighted by molar-refractivity contribution is -0.140. The molecule has 32 heavy (non-hydrogen) atoms. The van der Waals surface area contributed by atoms with E-state index in [0.717, 1.165) is 6.20 Å². The third-order valence-corrected chi connectivity index (χ3v) is 4.40. The molecule has 0 saturated heterocycles. The summed E-state index contributed by atoms with van der Waals surface area (Å²) >= 11 is 6.10. The Kier molecular flexibility index (Phi) is 7.68. The Hall–Kier alpha value is -4.20. The van der Waals surface area contributed by atoms with Crippen LogP contribution in [0.1, 0.15) is 18.4 Å². The number of halogens is 1. The number of nitrogens with zero attached hydrogens (tertiary/aromatic N) is 3. The number of aromatic amines is 1. The minimum atomic E-state index is -1.53. The van der Waals surface area contributed by atoms with Gasteiger partial charge < -0.3 is 27.0 Å². The van der Waals surface area contributed by atoms with Gasteiger partial charge in [-0.1, -0.05) is 11.6 Å². The molecule has 0 spiro atoms. The highest BCUT2D eigenvalue weighted by Crippen LogP contribution is 2.28. The number of hydrogen-bond donors (Lipinski definition) is 6. The van der Waals surface area contributed by atoms with Crippen LogP contribution in [0.2, 0.25) is 5.02 Å². The topological polar surface area (TPSA) is 235 Å². The van der Waals surface area contributed by atoms with Gasteiger partial charge in [0.05, 0.1) is 28.9 Å². The third-order valence-electron chi connectivity index (χ3n) is 4.12. The van der Waals surface area contributed by atoms with E-state index in [4.69, 9.17) is 28.2 Å². The molecule has 8 N–H and O–H groups in total. The fourth-order valence-electron chi connectivity index (χ4n) is 2.67. The van der Waals surface area contributed by atoms with Crippen molar-refractivity contribution in [1.29, 1.82) is 0 Å². The van der Waals surface area contributed by atoms with Gasteiger partial charge in [0.1, 0.15) is 11.9 Å². The van der Waals surface area contributed by atoms with Crippen LogP contribution in [0.3, 0.4) is 0 Å². The fraction of sp³-hybridized carbons (Fsp3) is 0.235. The number of nitrogens with two attached hydrogens (primary N) is 2. The lowest BCUT2D eigenvalue weighted by Gasteiger charge is -2.24. The first kappa shape index (κ1) is 24.1. The Balaban J connectivity index is 2.20. The summed E-state index contributed by atoms with van der Waals surface area (Å²) in [6, 6.07) is -0.329. The van der Waals surface area contributed by atoms with Crippen molar-refractivity contribution in [3.8, 4) is 0 Å². The van der Waals surface area contributed by atoms with Crippen molar-refractivity contribution in [2.45, 2.75) is 25.3 Å². The lowest BCUT2D eigenvalue weighted by Crippen LogP contribution is -2.41. The number of carbonyl (C=O) groups is 4. The zero-order valence-corrected chi connectivity index (χ0v) is 17.0. The summed E-state index contributed by atoms with van der Waals surface area (Å²) in [7, 11) is 0. The first-order valence-corrected chi connectivity index (χ1v) is 9.19. The number of aromatic nitrogens is 3. The van der Waals surface area contributed by atoms with Gasteiger partial charge in [-0.2, -0.15) is 4.98 Å². The molecular formula is C17H18ClN7O7. The van der Waals surface area contributed by atoms with Crippen molar-refractivity contribution in [3.63, 3.8) is 0 Å². The van der Waals surface area contributed by atoms with Crippen LogP contribution in [0.5, 0.6) is 0 Å². The number of amides is 2. The molecule has 0 aliphatic carbocycles. The normalized spacial score (nSPS) is 11.4. The number of hydrogen-bond acceptors (Lipinski definition) is 9. The van der Waals surface area contributed by atoms with E-state index in [-0.39, 0.29) is 46.7 Å². The molecule has 14 nitrogen and oxygen atoms in total. The van der Waals surface area contributed by atoms with Crippen LogP contribution in [0, 0.1) is 0 Å². The highest BCUT2D eigenvalue weighted by Gasteiger charge is 2.29. The maximum absolute atomic E-state index is 12.3. The van der Waals surface area contributed by atoms with Gasteiger partial charge in [0.15, 0.2) is 5.82 Å². The number of H-pyrrole nitrogens is 1. The van der Waals surface area contributed by atoms with Crippen LogP contribution in [-0.2, 0) is 25.6 Å². The van der Waals surface area contributed by atoms with E-state index in [9.17, 15) is 29.1 Å². The maximum Gasteiger partial charge on any atom is 0.326 e. The number of carbonyl (C=O) groups excluding carboxylic acids is 2. The van der Waals surface area contributed by atoms with E-state index in [0.29, 0.717) is 4.90 Å². The Morgan fingerprint density at radius 3 is 2.53 bits per heavy atom. The van der Waals surface area contributed by atoms with E-state index in [1.54, 1.807) is 0 Å².